The zero-order valence-corrected chi connectivity index (χ0v) is 11.0. The molecule has 1 aliphatic heterocycles. The van der Waals surface area contributed by atoms with Crippen molar-refractivity contribution in [1.82, 2.24) is 0 Å². The fourth-order valence-electron chi connectivity index (χ4n) is 2.66. The number of hydrogen-bond donors (Lipinski definition) is 1. The third-order valence-corrected chi connectivity index (χ3v) is 4.10. The molecule has 0 amide bonds. The summed E-state index contributed by atoms with van der Waals surface area (Å²) in [6.45, 7) is 2.11. The van der Waals surface area contributed by atoms with Crippen molar-refractivity contribution < 1.29 is 9.66 Å². The fraction of sp³-hybridized carbons (Fsp3) is 0.571. The van der Waals surface area contributed by atoms with Gasteiger partial charge in [-0.1, -0.05) is 18.2 Å². The van der Waals surface area contributed by atoms with Gasteiger partial charge in [-0.2, -0.15) is 0 Å². The molecule has 1 aromatic rings. The molecule has 1 saturated heterocycles. The van der Waals surface area contributed by atoms with Gasteiger partial charge in [-0.3, -0.25) is 10.1 Å². The van der Waals surface area contributed by atoms with E-state index in [0.717, 1.165) is 38.0 Å². The van der Waals surface area contributed by atoms with E-state index in [0.29, 0.717) is 13.0 Å². The van der Waals surface area contributed by atoms with Crippen molar-refractivity contribution >= 4 is 5.69 Å². The van der Waals surface area contributed by atoms with Gasteiger partial charge < -0.3 is 10.5 Å². The Morgan fingerprint density at radius 3 is 2.63 bits per heavy atom. The number of nitro groups is 1. The molecule has 2 rings (SSSR count). The van der Waals surface area contributed by atoms with Crippen LogP contribution in [0.3, 0.4) is 0 Å². The van der Waals surface area contributed by atoms with Crippen molar-refractivity contribution in [2.45, 2.75) is 25.7 Å². The van der Waals surface area contributed by atoms with Crippen LogP contribution in [0.1, 0.15) is 24.8 Å². The number of nitrogens with two attached hydrogens (primary N) is 1. The Kier molecular flexibility index (Phi) is 4.50. The predicted octanol–water partition coefficient (Wildman–Crippen LogP) is 2.28. The lowest BCUT2D eigenvalue weighted by atomic mass is 9.75. The normalized spacial score (nSPS) is 18.2. The van der Waals surface area contributed by atoms with Gasteiger partial charge in [0.15, 0.2) is 0 Å². The number of rotatable bonds is 5. The number of nitro benzene ring substituents is 1. The highest BCUT2D eigenvalue weighted by Gasteiger charge is 2.31. The molecule has 5 heteroatoms. The minimum absolute atomic E-state index is 0.0853. The molecule has 0 aliphatic carbocycles. The molecule has 1 fully saturated rings. The first-order valence-electron chi connectivity index (χ1n) is 6.67. The number of nitrogens with zero attached hydrogens (tertiary/aromatic N) is 1. The lowest BCUT2D eigenvalue weighted by Crippen LogP contribution is -2.37. The van der Waals surface area contributed by atoms with Gasteiger partial charge in [0.25, 0.3) is 5.69 Å². The van der Waals surface area contributed by atoms with Crippen molar-refractivity contribution in [2.75, 3.05) is 19.8 Å². The van der Waals surface area contributed by atoms with E-state index in [-0.39, 0.29) is 16.0 Å². The third kappa shape index (κ3) is 3.30. The van der Waals surface area contributed by atoms with Gasteiger partial charge in [-0.15, -0.1) is 0 Å². The molecule has 0 bridgehead atoms. The molecule has 0 aromatic heterocycles. The second-order valence-corrected chi connectivity index (χ2v) is 5.20. The van der Waals surface area contributed by atoms with E-state index in [1.807, 2.05) is 12.1 Å². The van der Waals surface area contributed by atoms with E-state index in [1.165, 1.54) is 0 Å². The maximum atomic E-state index is 11.0. The van der Waals surface area contributed by atoms with Gasteiger partial charge in [0.05, 0.1) is 4.92 Å². The highest BCUT2D eigenvalue weighted by molar-refractivity contribution is 5.39. The topological polar surface area (TPSA) is 78.4 Å². The number of benzene rings is 1. The molecule has 5 nitrogen and oxygen atoms in total. The van der Waals surface area contributed by atoms with Crippen molar-refractivity contribution in [2.24, 2.45) is 11.1 Å². The SMILES string of the molecule is NCC1(CCc2ccccc2[N+](=O)[O-])CCOCC1. The zero-order chi connectivity index (χ0) is 13.7. The Morgan fingerprint density at radius 2 is 2.00 bits per heavy atom. The van der Waals surface area contributed by atoms with Crippen LogP contribution in [0.25, 0.3) is 0 Å². The summed E-state index contributed by atoms with van der Waals surface area (Å²) in [5.41, 5.74) is 7.00. The maximum absolute atomic E-state index is 11.0. The first-order chi connectivity index (χ1) is 9.17. The molecular weight excluding hydrogens is 244 g/mol. The Morgan fingerprint density at radius 1 is 1.32 bits per heavy atom. The number of para-hydroxylation sites is 1. The predicted molar refractivity (Wildman–Crippen MR) is 73.0 cm³/mol. The minimum Gasteiger partial charge on any atom is -0.381 e. The number of ether oxygens (including phenoxy) is 1. The van der Waals surface area contributed by atoms with Crippen LogP contribution in [0, 0.1) is 15.5 Å². The molecule has 104 valence electrons. The van der Waals surface area contributed by atoms with E-state index in [2.05, 4.69) is 0 Å². The number of aryl methyl sites for hydroxylation is 1. The minimum atomic E-state index is -0.311. The van der Waals surface area contributed by atoms with Gasteiger partial charge in [0, 0.05) is 24.8 Å². The lowest BCUT2D eigenvalue weighted by Gasteiger charge is -2.36. The summed E-state index contributed by atoms with van der Waals surface area (Å²) in [6, 6.07) is 6.95. The van der Waals surface area contributed by atoms with E-state index in [9.17, 15) is 10.1 Å². The standard InChI is InChI=1S/C14H20N2O3/c15-11-14(7-9-19-10-8-14)6-5-12-3-1-2-4-13(12)16(17)18/h1-4H,5-11,15H2. The molecule has 1 heterocycles. The van der Waals surface area contributed by atoms with Gasteiger partial charge in [-0.25, -0.2) is 0 Å². The summed E-state index contributed by atoms with van der Waals surface area (Å²) in [4.78, 5) is 10.7. The van der Waals surface area contributed by atoms with E-state index >= 15 is 0 Å². The second-order valence-electron chi connectivity index (χ2n) is 5.20. The molecule has 0 unspecified atom stereocenters. The Hall–Kier alpha value is -1.46. The Bertz CT molecular complexity index is 442. The summed E-state index contributed by atoms with van der Waals surface area (Å²) in [5, 5.41) is 11.0. The molecule has 1 aliphatic rings. The molecule has 2 N–H and O–H groups in total. The molecule has 0 radical (unpaired) electrons. The van der Waals surface area contributed by atoms with Crippen LogP contribution in [0.4, 0.5) is 5.69 Å². The summed E-state index contributed by atoms with van der Waals surface area (Å²) >= 11 is 0. The van der Waals surface area contributed by atoms with Crippen LogP contribution in [0.2, 0.25) is 0 Å². The Balaban J connectivity index is 2.07. The summed E-state index contributed by atoms with van der Waals surface area (Å²) in [5.74, 6) is 0. The van der Waals surface area contributed by atoms with Gasteiger partial charge in [0.2, 0.25) is 0 Å². The average Bonchev–Trinajstić information content (AvgIpc) is 2.46. The van der Waals surface area contributed by atoms with Crippen molar-refractivity contribution in [3.05, 3.63) is 39.9 Å². The third-order valence-electron chi connectivity index (χ3n) is 4.10. The molecule has 0 spiro atoms. The van der Waals surface area contributed by atoms with Crippen LogP contribution in [0.5, 0.6) is 0 Å². The average molecular weight is 264 g/mol. The lowest BCUT2D eigenvalue weighted by molar-refractivity contribution is -0.385. The van der Waals surface area contributed by atoms with Crippen molar-refractivity contribution in [3.8, 4) is 0 Å². The largest absolute Gasteiger partial charge is 0.381 e. The van der Waals surface area contributed by atoms with Gasteiger partial charge >= 0.3 is 0 Å². The van der Waals surface area contributed by atoms with Crippen LogP contribution >= 0.6 is 0 Å². The highest BCUT2D eigenvalue weighted by atomic mass is 16.6. The summed E-state index contributed by atoms with van der Waals surface area (Å²) < 4.78 is 5.38. The van der Waals surface area contributed by atoms with Gasteiger partial charge in [0.1, 0.15) is 0 Å². The zero-order valence-electron chi connectivity index (χ0n) is 11.0. The van der Waals surface area contributed by atoms with E-state index in [1.54, 1.807) is 12.1 Å². The van der Waals surface area contributed by atoms with Crippen molar-refractivity contribution in [3.63, 3.8) is 0 Å². The maximum Gasteiger partial charge on any atom is 0.272 e. The summed E-state index contributed by atoms with van der Waals surface area (Å²) in [7, 11) is 0. The quantitative estimate of drug-likeness (QED) is 0.653. The molecule has 1 aromatic carbocycles. The highest BCUT2D eigenvalue weighted by Crippen LogP contribution is 2.35. The van der Waals surface area contributed by atoms with Crippen LogP contribution in [-0.4, -0.2) is 24.7 Å². The van der Waals surface area contributed by atoms with Crippen LogP contribution < -0.4 is 5.73 Å². The van der Waals surface area contributed by atoms with Crippen LogP contribution in [-0.2, 0) is 11.2 Å². The number of hydrogen-bond acceptors (Lipinski definition) is 4. The second kappa shape index (κ2) is 6.12. The van der Waals surface area contributed by atoms with Crippen molar-refractivity contribution in [1.29, 1.82) is 0 Å². The molecule has 0 atom stereocenters. The molecular formula is C14H20N2O3. The van der Waals surface area contributed by atoms with Crippen LogP contribution in [0.15, 0.2) is 24.3 Å². The Labute approximate surface area is 112 Å². The first kappa shape index (κ1) is 14.0. The smallest absolute Gasteiger partial charge is 0.272 e. The van der Waals surface area contributed by atoms with Gasteiger partial charge in [-0.05, 0) is 37.6 Å². The van der Waals surface area contributed by atoms with E-state index < -0.39 is 0 Å². The summed E-state index contributed by atoms with van der Waals surface area (Å²) in [6.07, 6.45) is 3.49. The monoisotopic (exact) mass is 264 g/mol. The first-order valence-corrected chi connectivity index (χ1v) is 6.67. The molecule has 0 saturated carbocycles. The van der Waals surface area contributed by atoms with E-state index in [4.69, 9.17) is 10.5 Å². The fourth-order valence-corrected chi connectivity index (χ4v) is 2.66. The molecule has 19 heavy (non-hydrogen) atoms.